The summed E-state index contributed by atoms with van der Waals surface area (Å²) in [4.78, 5) is 25.5. The fraction of sp³-hybridized carbons (Fsp3) is 0.222. The van der Waals surface area contributed by atoms with E-state index >= 15 is 0 Å². The van der Waals surface area contributed by atoms with Crippen molar-refractivity contribution < 1.29 is 4.79 Å². The second-order valence-electron chi connectivity index (χ2n) is 9.17. The normalized spacial score (nSPS) is 15.5. The Balaban J connectivity index is 1.32. The predicted molar refractivity (Wildman–Crippen MR) is 148 cm³/mol. The first kappa shape index (κ1) is 25.7. The third-order valence-electron chi connectivity index (χ3n) is 6.49. The fourth-order valence-electron chi connectivity index (χ4n) is 4.35. The Bertz CT molecular complexity index is 1530. The molecule has 11 heteroatoms. The summed E-state index contributed by atoms with van der Waals surface area (Å²) in [7, 11) is 4.02. The molecule has 192 valence electrons. The van der Waals surface area contributed by atoms with Crippen LogP contribution in [0.2, 0.25) is 10.0 Å². The molecule has 0 spiro atoms. The van der Waals surface area contributed by atoms with Gasteiger partial charge in [-0.25, -0.2) is 14.6 Å². The van der Waals surface area contributed by atoms with E-state index in [2.05, 4.69) is 31.4 Å². The average Bonchev–Trinajstić information content (AvgIpc) is 3.40. The molecule has 0 radical (unpaired) electrons. The number of rotatable bonds is 6. The highest BCUT2D eigenvalue weighted by Gasteiger charge is 2.27. The van der Waals surface area contributed by atoms with Crippen LogP contribution in [0.4, 0.5) is 17.3 Å². The summed E-state index contributed by atoms with van der Waals surface area (Å²) in [6, 6.07) is 15.0. The van der Waals surface area contributed by atoms with Crippen LogP contribution in [0.5, 0.6) is 0 Å². The summed E-state index contributed by atoms with van der Waals surface area (Å²) >= 11 is 12.8. The molecule has 0 saturated carbocycles. The van der Waals surface area contributed by atoms with Crippen LogP contribution in [0.3, 0.4) is 0 Å². The zero-order valence-corrected chi connectivity index (χ0v) is 22.3. The molecule has 2 aromatic heterocycles. The maximum atomic E-state index is 12.7. The molecule has 0 bridgehead atoms. The summed E-state index contributed by atoms with van der Waals surface area (Å²) in [5.74, 6) is 0.494. The minimum Gasteiger partial charge on any atom is -0.324 e. The number of amides is 1. The first-order valence-corrected chi connectivity index (χ1v) is 12.7. The van der Waals surface area contributed by atoms with E-state index in [1.54, 1.807) is 35.3 Å². The molecule has 1 atom stereocenters. The van der Waals surface area contributed by atoms with Gasteiger partial charge in [-0.15, -0.1) is 0 Å². The lowest BCUT2D eigenvalue weighted by molar-refractivity contribution is -0.120. The van der Waals surface area contributed by atoms with Crippen molar-refractivity contribution in [2.75, 3.05) is 30.9 Å². The van der Waals surface area contributed by atoms with E-state index < -0.39 is 0 Å². The number of carbonyl (C=O) groups excluding carboxylic acids is 1. The number of hydrogen-bond donors (Lipinski definition) is 1. The smallest absolute Gasteiger partial charge is 0.228 e. The highest BCUT2D eigenvalue weighted by molar-refractivity contribution is 6.33. The van der Waals surface area contributed by atoms with Crippen LogP contribution in [-0.2, 0) is 4.79 Å². The number of nitriles is 1. The van der Waals surface area contributed by atoms with Crippen molar-refractivity contribution >= 4 is 46.4 Å². The van der Waals surface area contributed by atoms with Gasteiger partial charge in [0.05, 0.1) is 45.5 Å². The van der Waals surface area contributed by atoms with Gasteiger partial charge in [0.2, 0.25) is 11.9 Å². The van der Waals surface area contributed by atoms with Gasteiger partial charge in [0.15, 0.2) is 0 Å². The molecule has 0 aliphatic carbocycles. The van der Waals surface area contributed by atoms with Gasteiger partial charge < -0.3 is 15.1 Å². The second-order valence-corrected chi connectivity index (χ2v) is 9.98. The van der Waals surface area contributed by atoms with Crippen molar-refractivity contribution in [2.45, 2.75) is 18.9 Å². The maximum absolute atomic E-state index is 12.7. The first-order valence-electron chi connectivity index (χ1n) is 11.9. The van der Waals surface area contributed by atoms with E-state index in [1.165, 1.54) is 6.20 Å². The summed E-state index contributed by atoms with van der Waals surface area (Å²) in [5.41, 5.74) is 3.92. The summed E-state index contributed by atoms with van der Waals surface area (Å²) in [6.45, 7) is 0.694. The van der Waals surface area contributed by atoms with Gasteiger partial charge >= 0.3 is 0 Å². The number of halogens is 2. The van der Waals surface area contributed by atoms with Crippen molar-refractivity contribution in [3.63, 3.8) is 0 Å². The van der Waals surface area contributed by atoms with E-state index in [1.807, 2.05) is 43.3 Å². The van der Waals surface area contributed by atoms with Crippen molar-refractivity contribution in [2.24, 2.45) is 0 Å². The molecule has 1 aliphatic rings. The standard InChI is InChI=1S/C27H24Cl2N8O/c1-35(2)21-9-10-36(25(38)12-21)20-6-4-19(5-7-20)33-27-31-15-23(29)26(34-27)18-14-32-37(16-18)24-8-3-17(13-30)11-22(24)28/h3-8,11,14-16,21H,9-10,12H2,1-2H3,(H,31,33,34)/t21-/m0/s1. The molecule has 38 heavy (non-hydrogen) atoms. The lowest BCUT2D eigenvalue weighted by Gasteiger charge is -2.34. The van der Waals surface area contributed by atoms with Gasteiger partial charge in [0.1, 0.15) is 0 Å². The number of benzene rings is 2. The van der Waals surface area contributed by atoms with E-state index in [4.69, 9.17) is 28.5 Å². The lowest BCUT2D eigenvalue weighted by atomic mass is 10.0. The van der Waals surface area contributed by atoms with Crippen LogP contribution in [0.25, 0.3) is 16.9 Å². The molecule has 4 aromatic rings. The monoisotopic (exact) mass is 546 g/mol. The lowest BCUT2D eigenvalue weighted by Crippen LogP contribution is -2.45. The highest BCUT2D eigenvalue weighted by atomic mass is 35.5. The van der Waals surface area contributed by atoms with Crippen LogP contribution in [-0.4, -0.2) is 57.2 Å². The molecule has 2 aromatic carbocycles. The van der Waals surface area contributed by atoms with Crippen molar-refractivity contribution in [1.29, 1.82) is 5.26 Å². The zero-order chi connectivity index (χ0) is 26.8. The Morgan fingerprint density at radius 1 is 1.11 bits per heavy atom. The van der Waals surface area contributed by atoms with Crippen LogP contribution in [0.1, 0.15) is 18.4 Å². The Morgan fingerprint density at radius 2 is 1.89 bits per heavy atom. The molecular weight excluding hydrogens is 523 g/mol. The van der Waals surface area contributed by atoms with Gasteiger partial charge in [-0.2, -0.15) is 10.4 Å². The van der Waals surface area contributed by atoms with E-state index in [-0.39, 0.29) is 11.9 Å². The minimum atomic E-state index is 0.129. The van der Waals surface area contributed by atoms with Gasteiger partial charge in [0.25, 0.3) is 0 Å². The first-order chi connectivity index (χ1) is 18.3. The number of aromatic nitrogens is 4. The number of nitrogens with one attached hydrogen (secondary N) is 1. The van der Waals surface area contributed by atoms with E-state index in [0.29, 0.717) is 51.5 Å². The van der Waals surface area contributed by atoms with Crippen molar-refractivity contribution in [3.05, 3.63) is 76.7 Å². The Morgan fingerprint density at radius 3 is 2.58 bits per heavy atom. The second kappa shape index (κ2) is 10.8. The Hall–Kier alpha value is -3.97. The van der Waals surface area contributed by atoms with Crippen LogP contribution in [0, 0.1) is 11.3 Å². The molecule has 5 rings (SSSR count). The van der Waals surface area contributed by atoms with Crippen molar-refractivity contribution in [1.82, 2.24) is 24.6 Å². The molecule has 1 aliphatic heterocycles. The van der Waals surface area contributed by atoms with E-state index in [0.717, 1.165) is 17.8 Å². The summed E-state index contributed by atoms with van der Waals surface area (Å²) in [5, 5.41) is 17.4. The molecule has 3 heterocycles. The molecule has 1 amide bonds. The molecule has 1 N–H and O–H groups in total. The molecule has 9 nitrogen and oxygen atoms in total. The number of nitrogens with zero attached hydrogens (tertiary/aromatic N) is 7. The number of piperidine rings is 1. The van der Waals surface area contributed by atoms with Gasteiger partial charge in [-0.3, -0.25) is 4.79 Å². The van der Waals surface area contributed by atoms with Gasteiger partial charge in [-0.05, 0) is 63.0 Å². The van der Waals surface area contributed by atoms with Crippen LogP contribution >= 0.6 is 23.2 Å². The Kier molecular flexibility index (Phi) is 7.29. The van der Waals surface area contributed by atoms with Crippen molar-refractivity contribution in [3.8, 4) is 23.0 Å². The van der Waals surface area contributed by atoms with Gasteiger partial charge in [0, 0.05) is 42.1 Å². The topological polar surface area (TPSA) is 103 Å². The quantitative estimate of drug-likeness (QED) is 0.349. The number of carbonyl (C=O) groups is 1. The van der Waals surface area contributed by atoms with E-state index in [9.17, 15) is 4.79 Å². The SMILES string of the molecule is CN(C)[C@H]1CCN(c2ccc(Nc3ncc(Cl)c(-c4cnn(-c5ccc(C#N)cc5Cl)c4)n3)cc2)C(=O)C1. The van der Waals surface area contributed by atoms with Crippen LogP contribution < -0.4 is 10.2 Å². The number of anilines is 3. The van der Waals surface area contributed by atoms with Gasteiger partial charge in [-0.1, -0.05) is 23.2 Å². The molecule has 1 fully saturated rings. The largest absolute Gasteiger partial charge is 0.324 e. The summed E-state index contributed by atoms with van der Waals surface area (Å²) in [6.07, 6.45) is 6.38. The average molecular weight is 547 g/mol. The highest BCUT2D eigenvalue weighted by Crippen LogP contribution is 2.30. The zero-order valence-electron chi connectivity index (χ0n) is 20.8. The van der Waals surface area contributed by atoms with Crippen LogP contribution in [0.15, 0.2) is 61.1 Å². The third-order valence-corrected chi connectivity index (χ3v) is 7.07. The number of hydrogen-bond acceptors (Lipinski definition) is 7. The minimum absolute atomic E-state index is 0.129. The molecule has 1 saturated heterocycles. The third kappa shape index (κ3) is 5.34. The molecular formula is C27H24Cl2N8O. The fourth-order valence-corrected chi connectivity index (χ4v) is 4.82. The summed E-state index contributed by atoms with van der Waals surface area (Å²) < 4.78 is 1.60. The Labute approximate surface area is 230 Å². The molecule has 0 unspecified atom stereocenters. The maximum Gasteiger partial charge on any atom is 0.228 e. The predicted octanol–water partition coefficient (Wildman–Crippen LogP) is 5.31.